The first-order chi connectivity index (χ1) is 10.2. The van der Waals surface area contributed by atoms with E-state index >= 15 is 0 Å². The van der Waals surface area contributed by atoms with Crippen LogP contribution in [-0.4, -0.2) is 59.0 Å². The first kappa shape index (κ1) is 17.3. The molecular weight excluding hydrogens is 297 g/mol. The van der Waals surface area contributed by atoms with Crippen molar-refractivity contribution in [2.24, 2.45) is 0 Å². The van der Waals surface area contributed by atoms with Gasteiger partial charge >= 0.3 is 11.8 Å². The molecule has 0 aliphatic rings. The monoisotopic (exact) mass is 313 g/mol. The zero-order chi connectivity index (χ0) is 16.9. The summed E-state index contributed by atoms with van der Waals surface area (Å²) < 4.78 is 13.5. The summed E-state index contributed by atoms with van der Waals surface area (Å²) in [4.78, 5) is 34.7. The molecule has 0 aliphatic heterocycles. The SMILES string of the molecule is CN(CCCN(C)C(=O)c1ccc([N+](=O)[O-])c(F)c1)C(=O)O. The molecule has 0 atom stereocenters. The van der Waals surface area contributed by atoms with E-state index in [1.807, 2.05) is 0 Å². The summed E-state index contributed by atoms with van der Waals surface area (Å²) in [5.74, 6) is -1.57. The number of halogens is 1. The first-order valence-electron chi connectivity index (χ1n) is 6.37. The average Bonchev–Trinajstić information content (AvgIpc) is 2.45. The molecule has 0 radical (unpaired) electrons. The van der Waals surface area contributed by atoms with Crippen molar-refractivity contribution in [3.63, 3.8) is 0 Å². The molecule has 0 unspecified atom stereocenters. The number of carboxylic acid groups (broad SMARTS) is 1. The van der Waals surface area contributed by atoms with E-state index in [2.05, 4.69) is 0 Å². The van der Waals surface area contributed by atoms with Gasteiger partial charge in [-0.1, -0.05) is 0 Å². The lowest BCUT2D eigenvalue weighted by Crippen LogP contribution is -2.32. The molecule has 9 heteroatoms. The predicted octanol–water partition coefficient (Wildman–Crippen LogP) is 1.81. The minimum Gasteiger partial charge on any atom is -0.465 e. The molecule has 0 saturated carbocycles. The van der Waals surface area contributed by atoms with Gasteiger partial charge in [-0.2, -0.15) is 4.39 Å². The second-order valence-corrected chi connectivity index (χ2v) is 4.71. The smallest absolute Gasteiger partial charge is 0.407 e. The Morgan fingerprint density at radius 1 is 1.27 bits per heavy atom. The second kappa shape index (κ2) is 7.34. The Balaban J connectivity index is 2.65. The molecule has 8 nitrogen and oxygen atoms in total. The zero-order valence-corrected chi connectivity index (χ0v) is 12.2. The number of nitro groups is 1. The number of amides is 2. The third-order valence-corrected chi connectivity index (χ3v) is 3.05. The lowest BCUT2D eigenvalue weighted by molar-refractivity contribution is -0.387. The van der Waals surface area contributed by atoms with Gasteiger partial charge in [0, 0.05) is 38.8 Å². The average molecular weight is 313 g/mol. The van der Waals surface area contributed by atoms with Crippen LogP contribution in [0.3, 0.4) is 0 Å². The quantitative estimate of drug-likeness (QED) is 0.637. The van der Waals surface area contributed by atoms with E-state index in [-0.39, 0.29) is 18.7 Å². The summed E-state index contributed by atoms with van der Waals surface area (Å²) in [6.45, 7) is 0.524. The zero-order valence-electron chi connectivity index (χ0n) is 12.2. The van der Waals surface area contributed by atoms with Crippen LogP contribution in [0.15, 0.2) is 18.2 Å². The van der Waals surface area contributed by atoms with Crippen molar-refractivity contribution < 1.29 is 24.0 Å². The number of hydrogen-bond acceptors (Lipinski definition) is 4. The molecular formula is C13H16FN3O5. The topological polar surface area (TPSA) is 104 Å². The Labute approximate surface area is 125 Å². The van der Waals surface area contributed by atoms with Crippen molar-refractivity contribution in [2.45, 2.75) is 6.42 Å². The van der Waals surface area contributed by atoms with E-state index < -0.39 is 28.4 Å². The van der Waals surface area contributed by atoms with Crippen LogP contribution in [0.1, 0.15) is 16.8 Å². The van der Waals surface area contributed by atoms with E-state index in [4.69, 9.17) is 5.11 Å². The highest BCUT2D eigenvalue weighted by molar-refractivity contribution is 5.94. The van der Waals surface area contributed by atoms with Gasteiger partial charge in [-0.3, -0.25) is 14.9 Å². The van der Waals surface area contributed by atoms with Crippen LogP contribution < -0.4 is 0 Å². The summed E-state index contributed by atoms with van der Waals surface area (Å²) >= 11 is 0. The number of nitrogens with zero attached hydrogens (tertiary/aromatic N) is 3. The van der Waals surface area contributed by atoms with Crippen LogP contribution in [-0.2, 0) is 0 Å². The minimum atomic E-state index is -1.07. The molecule has 2 amide bonds. The van der Waals surface area contributed by atoms with E-state index in [0.717, 1.165) is 17.0 Å². The molecule has 120 valence electrons. The molecule has 0 aromatic heterocycles. The third-order valence-electron chi connectivity index (χ3n) is 3.05. The highest BCUT2D eigenvalue weighted by atomic mass is 19.1. The predicted molar refractivity (Wildman–Crippen MR) is 75.3 cm³/mol. The molecule has 22 heavy (non-hydrogen) atoms. The van der Waals surface area contributed by atoms with Gasteiger partial charge in [-0.05, 0) is 18.6 Å². The lowest BCUT2D eigenvalue weighted by atomic mass is 10.1. The maximum Gasteiger partial charge on any atom is 0.407 e. The van der Waals surface area contributed by atoms with E-state index in [0.29, 0.717) is 6.42 Å². The summed E-state index contributed by atoms with van der Waals surface area (Å²) in [6, 6.07) is 2.94. The van der Waals surface area contributed by atoms with Gasteiger partial charge < -0.3 is 14.9 Å². The Morgan fingerprint density at radius 2 is 1.86 bits per heavy atom. The van der Waals surface area contributed by atoms with Gasteiger partial charge in [-0.15, -0.1) is 0 Å². The molecule has 0 aliphatic carbocycles. The number of carbonyl (C=O) groups is 2. The number of benzene rings is 1. The van der Waals surface area contributed by atoms with Gasteiger partial charge in [0.15, 0.2) is 0 Å². The number of carbonyl (C=O) groups excluding carboxylic acids is 1. The summed E-state index contributed by atoms with van der Waals surface area (Å²) in [6.07, 6.45) is -0.646. The van der Waals surface area contributed by atoms with Crippen molar-refractivity contribution in [1.82, 2.24) is 9.80 Å². The molecule has 1 aromatic carbocycles. The molecule has 0 saturated heterocycles. The highest BCUT2D eigenvalue weighted by Gasteiger charge is 2.18. The summed E-state index contributed by atoms with van der Waals surface area (Å²) in [5, 5.41) is 19.2. The summed E-state index contributed by atoms with van der Waals surface area (Å²) in [5.41, 5.74) is -0.695. The number of rotatable bonds is 6. The van der Waals surface area contributed by atoms with Crippen molar-refractivity contribution in [3.8, 4) is 0 Å². The number of nitro benzene ring substituents is 1. The third kappa shape index (κ3) is 4.40. The van der Waals surface area contributed by atoms with Crippen LogP contribution in [0, 0.1) is 15.9 Å². The second-order valence-electron chi connectivity index (χ2n) is 4.71. The van der Waals surface area contributed by atoms with Crippen molar-refractivity contribution in [2.75, 3.05) is 27.2 Å². The molecule has 1 N–H and O–H groups in total. The minimum absolute atomic E-state index is 0.00260. The fourth-order valence-corrected chi connectivity index (χ4v) is 1.75. The van der Waals surface area contributed by atoms with Crippen LogP contribution in [0.4, 0.5) is 14.9 Å². The molecule has 1 rings (SSSR count). The fourth-order valence-electron chi connectivity index (χ4n) is 1.75. The highest BCUT2D eigenvalue weighted by Crippen LogP contribution is 2.18. The molecule has 0 fully saturated rings. The van der Waals surface area contributed by atoms with Crippen molar-refractivity contribution >= 4 is 17.7 Å². The van der Waals surface area contributed by atoms with E-state index in [9.17, 15) is 24.1 Å². The fraction of sp³-hybridized carbons (Fsp3) is 0.385. The standard InChI is InChI=1S/C13H16FN3O5/c1-15(6-3-7-16(2)13(19)20)12(18)9-4-5-11(17(21)22)10(14)8-9/h4-5,8H,3,6-7H2,1-2H3,(H,19,20). The molecule has 0 spiro atoms. The summed E-state index contributed by atoms with van der Waals surface area (Å²) in [7, 11) is 2.90. The Kier molecular flexibility index (Phi) is 5.79. The van der Waals surface area contributed by atoms with Crippen LogP contribution in [0.25, 0.3) is 0 Å². The normalized spacial score (nSPS) is 10.1. The lowest BCUT2D eigenvalue weighted by Gasteiger charge is -2.19. The van der Waals surface area contributed by atoms with E-state index in [1.165, 1.54) is 25.1 Å². The molecule has 1 aromatic rings. The molecule has 0 bridgehead atoms. The Hall–Kier alpha value is -2.71. The van der Waals surface area contributed by atoms with Crippen LogP contribution in [0.2, 0.25) is 0 Å². The molecule has 0 heterocycles. The Morgan fingerprint density at radius 3 is 2.36 bits per heavy atom. The maximum atomic E-state index is 13.5. The van der Waals surface area contributed by atoms with E-state index in [1.54, 1.807) is 0 Å². The van der Waals surface area contributed by atoms with Crippen molar-refractivity contribution in [3.05, 3.63) is 39.7 Å². The van der Waals surface area contributed by atoms with Gasteiger partial charge in [0.1, 0.15) is 0 Å². The maximum absolute atomic E-state index is 13.5. The Bertz CT molecular complexity index is 593. The van der Waals surface area contributed by atoms with Gasteiger partial charge in [-0.25, -0.2) is 4.79 Å². The van der Waals surface area contributed by atoms with Gasteiger partial charge in [0.05, 0.1) is 4.92 Å². The van der Waals surface area contributed by atoms with Crippen LogP contribution in [0.5, 0.6) is 0 Å². The first-order valence-corrected chi connectivity index (χ1v) is 6.37. The largest absolute Gasteiger partial charge is 0.465 e. The van der Waals surface area contributed by atoms with Gasteiger partial charge in [0.25, 0.3) is 5.91 Å². The van der Waals surface area contributed by atoms with Crippen LogP contribution >= 0.6 is 0 Å². The van der Waals surface area contributed by atoms with Gasteiger partial charge in [0.2, 0.25) is 5.82 Å². The van der Waals surface area contributed by atoms with Crippen molar-refractivity contribution in [1.29, 1.82) is 0 Å². The number of hydrogen-bond donors (Lipinski definition) is 1.